The lowest BCUT2D eigenvalue weighted by atomic mass is 10.1. The molecule has 1 unspecified atom stereocenters. The Labute approximate surface area is 112 Å². The van der Waals surface area contributed by atoms with E-state index in [0.717, 1.165) is 31.6 Å². The van der Waals surface area contributed by atoms with Crippen molar-refractivity contribution >= 4 is 11.3 Å². The fourth-order valence-electron chi connectivity index (χ4n) is 1.97. The van der Waals surface area contributed by atoms with Crippen LogP contribution in [-0.2, 0) is 6.54 Å². The van der Waals surface area contributed by atoms with Gasteiger partial charge in [0, 0.05) is 11.4 Å². The zero-order chi connectivity index (χ0) is 12.8. The Morgan fingerprint density at radius 2 is 2.28 bits per heavy atom. The second-order valence-electron chi connectivity index (χ2n) is 4.28. The summed E-state index contributed by atoms with van der Waals surface area (Å²) in [7, 11) is 0. The fraction of sp³-hybridized carbons (Fsp3) is 0.538. The number of nitrogens with one attached hydrogen (secondary N) is 1. The van der Waals surface area contributed by atoms with Crippen molar-refractivity contribution in [3.8, 4) is 0 Å². The number of thiophene rings is 1. The average Bonchev–Trinajstić information content (AvgIpc) is 3.02. The van der Waals surface area contributed by atoms with E-state index in [0.29, 0.717) is 0 Å². The van der Waals surface area contributed by atoms with Crippen molar-refractivity contribution in [3.63, 3.8) is 0 Å². The van der Waals surface area contributed by atoms with Crippen LogP contribution in [0.25, 0.3) is 0 Å². The third-order valence-electron chi connectivity index (χ3n) is 2.80. The smallest absolute Gasteiger partial charge is 0.0858 e. The van der Waals surface area contributed by atoms with Crippen LogP contribution in [0.4, 0.5) is 0 Å². The van der Waals surface area contributed by atoms with Crippen LogP contribution < -0.4 is 5.32 Å². The molecule has 0 bridgehead atoms. The van der Waals surface area contributed by atoms with Crippen molar-refractivity contribution in [2.45, 2.75) is 39.3 Å². The summed E-state index contributed by atoms with van der Waals surface area (Å²) >= 11 is 1.78. The quantitative estimate of drug-likeness (QED) is 0.836. The molecule has 0 aliphatic carbocycles. The SMILES string of the molecule is CCCNC(c1cccs1)c1cnnn1CCC. The van der Waals surface area contributed by atoms with Crippen molar-refractivity contribution in [2.75, 3.05) is 6.54 Å². The summed E-state index contributed by atoms with van der Waals surface area (Å²) in [6.45, 7) is 6.26. The number of nitrogens with zero attached hydrogens (tertiary/aromatic N) is 3. The van der Waals surface area contributed by atoms with E-state index in [9.17, 15) is 0 Å². The Balaban J connectivity index is 2.24. The molecule has 0 amide bonds. The molecule has 4 nitrogen and oxygen atoms in total. The highest BCUT2D eigenvalue weighted by Gasteiger charge is 2.19. The summed E-state index contributed by atoms with van der Waals surface area (Å²) in [6, 6.07) is 4.47. The minimum atomic E-state index is 0.214. The van der Waals surface area contributed by atoms with E-state index in [-0.39, 0.29) is 6.04 Å². The molecule has 0 saturated carbocycles. The topological polar surface area (TPSA) is 42.7 Å². The fourth-order valence-corrected chi connectivity index (χ4v) is 2.78. The second-order valence-corrected chi connectivity index (χ2v) is 5.26. The molecule has 0 aliphatic heterocycles. The van der Waals surface area contributed by atoms with E-state index >= 15 is 0 Å². The van der Waals surface area contributed by atoms with E-state index in [4.69, 9.17) is 0 Å². The molecule has 5 heteroatoms. The van der Waals surface area contributed by atoms with Crippen LogP contribution in [0.1, 0.15) is 43.3 Å². The number of hydrogen-bond donors (Lipinski definition) is 1. The minimum absolute atomic E-state index is 0.214. The third kappa shape index (κ3) is 2.97. The largest absolute Gasteiger partial charge is 0.304 e. The lowest BCUT2D eigenvalue weighted by Gasteiger charge is -2.17. The summed E-state index contributed by atoms with van der Waals surface area (Å²) < 4.78 is 2.01. The molecule has 0 aromatic carbocycles. The maximum Gasteiger partial charge on any atom is 0.0858 e. The van der Waals surface area contributed by atoms with Gasteiger partial charge in [-0.3, -0.25) is 0 Å². The maximum absolute atomic E-state index is 4.18. The maximum atomic E-state index is 4.18. The molecular formula is C13H20N4S. The van der Waals surface area contributed by atoms with E-state index in [1.54, 1.807) is 11.3 Å². The molecule has 2 heterocycles. The Bertz CT molecular complexity index is 449. The Morgan fingerprint density at radius 3 is 2.94 bits per heavy atom. The van der Waals surface area contributed by atoms with Crippen LogP contribution in [0.3, 0.4) is 0 Å². The van der Waals surface area contributed by atoms with Gasteiger partial charge in [0.25, 0.3) is 0 Å². The lowest BCUT2D eigenvalue weighted by molar-refractivity contribution is 0.507. The third-order valence-corrected chi connectivity index (χ3v) is 3.74. The zero-order valence-electron chi connectivity index (χ0n) is 11.0. The summed E-state index contributed by atoms with van der Waals surface area (Å²) in [5.41, 5.74) is 1.16. The summed E-state index contributed by atoms with van der Waals surface area (Å²) in [5, 5.41) is 13.9. The predicted octanol–water partition coefficient (Wildman–Crippen LogP) is 2.84. The van der Waals surface area contributed by atoms with Crippen LogP contribution >= 0.6 is 11.3 Å². The van der Waals surface area contributed by atoms with Gasteiger partial charge < -0.3 is 5.32 Å². The minimum Gasteiger partial charge on any atom is -0.304 e. The first kappa shape index (κ1) is 13.2. The van der Waals surface area contributed by atoms with Crippen LogP contribution in [0.2, 0.25) is 0 Å². The molecule has 0 fully saturated rings. The van der Waals surface area contributed by atoms with Gasteiger partial charge in [-0.15, -0.1) is 16.4 Å². The van der Waals surface area contributed by atoms with Crippen molar-refractivity contribution in [1.82, 2.24) is 20.3 Å². The van der Waals surface area contributed by atoms with Gasteiger partial charge in [0.2, 0.25) is 0 Å². The molecule has 0 radical (unpaired) electrons. The molecule has 1 N–H and O–H groups in total. The number of aromatic nitrogens is 3. The van der Waals surface area contributed by atoms with Gasteiger partial charge >= 0.3 is 0 Å². The van der Waals surface area contributed by atoms with Crippen molar-refractivity contribution in [2.24, 2.45) is 0 Å². The normalized spacial score (nSPS) is 12.8. The van der Waals surface area contributed by atoms with Crippen LogP contribution in [0.15, 0.2) is 23.7 Å². The lowest BCUT2D eigenvalue weighted by Crippen LogP contribution is -2.25. The molecule has 0 aliphatic rings. The van der Waals surface area contributed by atoms with E-state index in [1.807, 2.05) is 10.9 Å². The van der Waals surface area contributed by atoms with E-state index in [2.05, 4.69) is 47.0 Å². The van der Waals surface area contributed by atoms with Crippen molar-refractivity contribution < 1.29 is 0 Å². The summed E-state index contributed by atoms with van der Waals surface area (Å²) in [5.74, 6) is 0. The Morgan fingerprint density at radius 1 is 1.39 bits per heavy atom. The first-order chi connectivity index (χ1) is 8.86. The highest BCUT2D eigenvalue weighted by atomic mass is 32.1. The molecule has 1 atom stereocenters. The second kappa shape index (κ2) is 6.66. The molecule has 2 aromatic rings. The van der Waals surface area contributed by atoms with Crippen molar-refractivity contribution in [1.29, 1.82) is 0 Å². The number of aryl methyl sites for hydroxylation is 1. The van der Waals surface area contributed by atoms with E-state index < -0.39 is 0 Å². The van der Waals surface area contributed by atoms with Gasteiger partial charge in [-0.2, -0.15) is 0 Å². The molecule has 2 rings (SSSR count). The summed E-state index contributed by atoms with van der Waals surface area (Å²) in [6.07, 6.45) is 4.07. The molecule has 0 saturated heterocycles. The number of rotatable bonds is 7. The van der Waals surface area contributed by atoms with Gasteiger partial charge in [-0.25, -0.2) is 4.68 Å². The van der Waals surface area contributed by atoms with Gasteiger partial charge in [0.1, 0.15) is 0 Å². The molecule has 0 spiro atoms. The number of hydrogen-bond acceptors (Lipinski definition) is 4. The van der Waals surface area contributed by atoms with Gasteiger partial charge in [0.05, 0.1) is 17.9 Å². The highest BCUT2D eigenvalue weighted by Crippen LogP contribution is 2.25. The average molecular weight is 264 g/mol. The van der Waals surface area contributed by atoms with Crippen molar-refractivity contribution in [3.05, 3.63) is 34.3 Å². The van der Waals surface area contributed by atoms with E-state index in [1.165, 1.54) is 4.88 Å². The Hall–Kier alpha value is -1.20. The van der Waals surface area contributed by atoms with Crippen LogP contribution in [0.5, 0.6) is 0 Å². The van der Waals surface area contributed by atoms with Gasteiger partial charge in [-0.1, -0.05) is 25.1 Å². The Kier molecular flexibility index (Phi) is 4.90. The monoisotopic (exact) mass is 264 g/mol. The van der Waals surface area contributed by atoms with Crippen LogP contribution in [0, 0.1) is 0 Å². The molecule has 18 heavy (non-hydrogen) atoms. The standard InChI is InChI=1S/C13H20N4S/c1-3-7-14-13(12-6-5-9-18-12)11-10-15-16-17(11)8-4-2/h5-6,9-10,13-14H,3-4,7-8H2,1-2H3. The first-order valence-corrected chi connectivity index (χ1v) is 7.40. The first-order valence-electron chi connectivity index (χ1n) is 6.52. The summed E-state index contributed by atoms with van der Waals surface area (Å²) in [4.78, 5) is 1.32. The van der Waals surface area contributed by atoms with Gasteiger partial charge in [0.15, 0.2) is 0 Å². The molecule has 98 valence electrons. The highest BCUT2D eigenvalue weighted by molar-refractivity contribution is 7.10. The molecular weight excluding hydrogens is 244 g/mol. The zero-order valence-corrected chi connectivity index (χ0v) is 11.8. The van der Waals surface area contributed by atoms with Crippen LogP contribution in [-0.4, -0.2) is 21.5 Å². The van der Waals surface area contributed by atoms with Gasteiger partial charge in [-0.05, 0) is 30.8 Å². The predicted molar refractivity (Wildman–Crippen MR) is 74.8 cm³/mol. The molecule has 2 aromatic heterocycles.